The number of carbonyl (C=O) groups excluding carboxylic acids is 1. The lowest BCUT2D eigenvalue weighted by atomic mass is 10.0. The van der Waals surface area contributed by atoms with E-state index in [1.165, 1.54) is 6.39 Å². The number of hydrogen-bond donors (Lipinski definition) is 2. The molecule has 0 aliphatic carbocycles. The number of oxazole rings is 1. The van der Waals surface area contributed by atoms with Gasteiger partial charge in [-0.25, -0.2) is 4.98 Å². The van der Waals surface area contributed by atoms with Gasteiger partial charge in [0.2, 0.25) is 5.76 Å². The van der Waals surface area contributed by atoms with Gasteiger partial charge in [-0.3, -0.25) is 9.59 Å². The third-order valence-electron chi connectivity index (χ3n) is 2.67. The van der Waals surface area contributed by atoms with Crippen molar-refractivity contribution < 1.29 is 23.8 Å². The minimum atomic E-state index is -0.984. The number of rotatable bonds is 3. The topological polar surface area (TPSA) is 102 Å². The van der Waals surface area contributed by atoms with E-state index in [1.807, 2.05) is 0 Å². The van der Waals surface area contributed by atoms with Crippen LogP contribution in [0.3, 0.4) is 0 Å². The highest BCUT2D eigenvalue weighted by atomic mass is 16.5. The van der Waals surface area contributed by atoms with Crippen LogP contribution in [0.1, 0.15) is 16.2 Å². The molecule has 1 amide bonds. The Bertz CT molecular complexity index is 442. The summed E-state index contributed by atoms with van der Waals surface area (Å²) in [6.45, 7) is 1.93. The van der Waals surface area contributed by atoms with Crippen LogP contribution in [0.5, 0.6) is 0 Å². The Morgan fingerprint density at radius 1 is 1.53 bits per heavy atom. The van der Waals surface area contributed by atoms with E-state index in [0.29, 0.717) is 5.69 Å². The van der Waals surface area contributed by atoms with Crippen molar-refractivity contribution in [3.05, 3.63) is 17.8 Å². The van der Waals surface area contributed by atoms with E-state index in [1.54, 1.807) is 6.92 Å². The number of aryl methyl sites for hydroxylation is 1. The van der Waals surface area contributed by atoms with E-state index in [2.05, 4.69) is 10.3 Å². The van der Waals surface area contributed by atoms with Crippen molar-refractivity contribution >= 4 is 11.9 Å². The van der Waals surface area contributed by atoms with Gasteiger partial charge in [-0.1, -0.05) is 0 Å². The maximum atomic E-state index is 11.8. The second-order valence-corrected chi connectivity index (χ2v) is 3.83. The van der Waals surface area contributed by atoms with Crippen molar-refractivity contribution in [2.24, 2.45) is 5.92 Å². The van der Waals surface area contributed by atoms with Crippen molar-refractivity contribution in [3.8, 4) is 0 Å². The smallest absolute Gasteiger partial charge is 0.311 e. The van der Waals surface area contributed by atoms with E-state index >= 15 is 0 Å². The fourth-order valence-corrected chi connectivity index (χ4v) is 1.69. The van der Waals surface area contributed by atoms with Crippen molar-refractivity contribution in [2.75, 3.05) is 13.2 Å². The summed E-state index contributed by atoms with van der Waals surface area (Å²) in [5.74, 6) is -2.08. The third-order valence-corrected chi connectivity index (χ3v) is 2.67. The lowest BCUT2D eigenvalue weighted by Crippen LogP contribution is -2.42. The quantitative estimate of drug-likeness (QED) is 0.759. The van der Waals surface area contributed by atoms with Gasteiger partial charge in [-0.15, -0.1) is 0 Å². The molecule has 1 fully saturated rings. The van der Waals surface area contributed by atoms with Crippen molar-refractivity contribution in [1.82, 2.24) is 10.3 Å². The van der Waals surface area contributed by atoms with Crippen LogP contribution in [0, 0.1) is 12.8 Å². The van der Waals surface area contributed by atoms with Crippen molar-refractivity contribution in [2.45, 2.75) is 13.0 Å². The first-order valence-corrected chi connectivity index (χ1v) is 5.11. The zero-order valence-corrected chi connectivity index (χ0v) is 9.17. The number of nitrogens with zero attached hydrogens (tertiary/aromatic N) is 1. The van der Waals surface area contributed by atoms with Crippen LogP contribution < -0.4 is 5.32 Å². The average molecular weight is 240 g/mol. The summed E-state index contributed by atoms with van der Waals surface area (Å²) in [6.07, 6.45) is 1.17. The van der Waals surface area contributed by atoms with Crippen LogP contribution >= 0.6 is 0 Å². The summed E-state index contributed by atoms with van der Waals surface area (Å²) in [6, 6.07) is -0.538. The molecule has 2 unspecified atom stereocenters. The van der Waals surface area contributed by atoms with Gasteiger partial charge in [0.1, 0.15) is 5.92 Å². The molecule has 1 aromatic rings. The van der Waals surface area contributed by atoms with Crippen molar-refractivity contribution in [3.63, 3.8) is 0 Å². The molecule has 7 heteroatoms. The highest BCUT2D eigenvalue weighted by Gasteiger charge is 2.35. The lowest BCUT2D eigenvalue weighted by Gasteiger charge is -2.14. The molecule has 92 valence electrons. The first kappa shape index (κ1) is 11.6. The van der Waals surface area contributed by atoms with Crippen molar-refractivity contribution in [1.29, 1.82) is 0 Å². The highest BCUT2D eigenvalue weighted by molar-refractivity contribution is 5.92. The van der Waals surface area contributed by atoms with E-state index in [4.69, 9.17) is 14.3 Å². The van der Waals surface area contributed by atoms with E-state index in [9.17, 15) is 9.59 Å². The largest absolute Gasteiger partial charge is 0.481 e. The van der Waals surface area contributed by atoms with E-state index < -0.39 is 23.8 Å². The number of carbonyl (C=O) groups is 2. The van der Waals surface area contributed by atoms with Gasteiger partial charge in [-0.05, 0) is 6.92 Å². The maximum Gasteiger partial charge on any atom is 0.311 e. The molecule has 2 atom stereocenters. The minimum absolute atomic E-state index is 0.0982. The fourth-order valence-electron chi connectivity index (χ4n) is 1.69. The number of aliphatic carboxylic acids is 1. The molecule has 0 saturated carbocycles. The molecule has 1 aliphatic rings. The zero-order chi connectivity index (χ0) is 12.4. The number of carboxylic acids is 1. The molecule has 7 nitrogen and oxygen atoms in total. The number of aromatic nitrogens is 1. The molecule has 1 aliphatic heterocycles. The molecule has 0 spiro atoms. The molecule has 0 aromatic carbocycles. The average Bonchev–Trinajstić information content (AvgIpc) is 2.86. The standard InChI is InChI=1S/C10H12N2O5/c1-5-8(17-4-11-5)9(13)12-7-3-16-2-6(7)10(14)15/h4,6-7H,2-3H2,1H3,(H,12,13)(H,14,15). The predicted molar refractivity (Wildman–Crippen MR) is 54.4 cm³/mol. The summed E-state index contributed by atoms with van der Waals surface area (Å²) in [7, 11) is 0. The Morgan fingerprint density at radius 3 is 2.88 bits per heavy atom. The SMILES string of the molecule is Cc1ncoc1C(=O)NC1COCC1C(=O)O. The summed E-state index contributed by atoms with van der Waals surface area (Å²) in [5.41, 5.74) is 0.466. The first-order valence-electron chi connectivity index (χ1n) is 5.11. The van der Waals surface area contributed by atoms with Gasteiger partial charge in [0.05, 0.1) is 24.9 Å². The highest BCUT2D eigenvalue weighted by Crippen LogP contribution is 2.15. The second kappa shape index (κ2) is 4.54. The zero-order valence-electron chi connectivity index (χ0n) is 9.17. The Kier molecular flexibility index (Phi) is 3.10. The number of nitrogens with one attached hydrogen (secondary N) is 1. The third kappa shape index (κ3) is 2.28. The predicted octanol–water partition coefficient (Wildman–Crippen LogP) is -0.188. The van der Waals surface area contributed by atoms with Gasteiger partial charge in [0, 0.05) is 0 Å². The number of amides is 1. The molecule has 2 heterocycles. The summed E-state index contributed by atoms with van der Waals surface area (Å²) in [4.78, 5) is 26.4. The van der Waals surface area contributed by atoms with Gasteiger partial charge >= 0.3 is 5.97 Å². The molecule has 1 aromatic heterocycles. The molecule has 0 radical (unpaired) electrons. The molecular formula is C10H12N2O5. The van der Waals surface area contributed by atoms with Crippen LogP contribution in [-0.4, -0.2) is 41.2 Å². The van der Waals surface area contributed by atoms with Crippen LogP contribution in [0.2, 0.25) is 0 Å². The molecule has 2 N–H and O–H groups in total. The minimum Gasteiger partial charge on any atom is -0.481 e. The fraction of sp³-hybridized carbons (Fsp3) is 0.500. The summed E-state index contributed by atoms with van der Waals surface area (Å²) >= 11 is 0. The first-order chi connectivity index (χ1) is 8.09. The summed E-state index contributed by atoms with van der Waals surface area (Å²) in [5, 5.41) is 11.5. The summed E-state index contributed by atoms with van der Waals surface area (Å²) < 4.78 is 9.96. The lowest BCUT2D eigenvalue weighted by molar-refractivity contribution is -0.142. The number of ether oxygens (including phenoxy) is 1. The Balaban J connectivity index is 2.04. The Hall–Kier alpha value is -1.89. The normalized spacial score (nSPS) is 23.6. The van der Waals surface area contributed by atoms with E-state index in [0.717, 1.165) is 0 Å². The van der Waals surface area contributed by atoms with Gasteiger partial charge in [-0.2, -0.15) is 0 Å². The van der Waals surface area contributed by atoms with Gasteiger partial charge in [0.15, 0.2) is 6.39 Å². The second-order valence-electron chi connectivity index (χ2n) is 3.83. The van der Waals surface area contributed by atoms with Crippen LogP contribution in [0.25, 0.3) is 0 Å². The molecule has 1 saturated heterocycles. The maximum absolute atomic E-state index is 11.8. The molecular weight excluding hydrogens is 228 g/mol. The molecule has 17 heavy (non-hydrogen) atoms. The van der Waals surface area contributed by atoms with E-state index in [-0.39, 0.29) is 19.0 Å². The van der Waals surface area contributed by atoms with Gasteiger partial charge < -0.3 is 19.6 Å². The molecule has 0 bridgehead atoms. The van der Waals surface area contributed by atoms with Gasteiger partial charge in [0.25, 0.3) is 5.91 Å². The van der Waals surface area contributed by atoms with Crippen LogP contribution in [-0.2, 0) is 9.53 Å². The number of carboxylic acid groups (broad SMARTS) is 1. The van der Waals surface area contributed by atoms with Crippen LogP contribution in [0.15, 0.2) is 10.8 Å². The Morgan fingerprint density at radius 2 is 2.29 bits per heavy atom. The number of hydrogen-bond acceptors (Lipinski definition) is 5. The Labute approximate surface area is 96.8 Å². The monoisotopic (exact) mass is 240 g/mol. The molecule has 2 rings (SSSR count). The van der Waals surface area contributed by atoms with Crippen LogP contribution in [0.4, 0.5) is 0 Å².